The fourth-order valence-electron chi connectivity index (χ4n) is 2.97. The van der Waals surface area contributed by atoms with Crippen LogP contribution in [0.5, 0.6) is 0 Å². The lowest BCUT2D eigenvalue weighted by molar-refractivity contribution is 0.152. The number of fused-ring (bicyclic) bond motifs is 1. The molecule has 0 aromatic heterocycles. The highest BCUT2D eigenvalue weighted by molar-refractivity contribution is 5.60. The molecule has 2 nitrogen and oxygen atoms in total. The number of benzene rings is 1. The third kappa shape index (κ3) is 1.61. The number of aryl methyl sites for hydroxylation is 2. The van der Waals surface area contributed by atoms with Gasteiger partial charge in [-0.15, -0.1) is 0 Å². The number of nitrogens with one attached hydrogen (secondary N) is 1. The van der Waals surface area contributed by atoms with Gasteiger partial charge in [-0.1, -0.05) is 6.07 Å². The van der Waals surface area contributed by atoms with Gasteiger partial charge < -0.3 is 10.4 Å². The number of hydrogen-bond acceptors (Lipinski definition) is 2. The Labute approximate surface area is 96.7 Å². The van der Waals surface area contributed by atoms with Crippen molar-refractivity contribution in [3.05, 3.63) is 28.8 Å². The maximum absolute atomic E-state index is 10.2. The van der Waals surface area contributed by atoms with Crippen molar-refractivity contribution in [2.45, 2.75) is 45.3 Å². The largest absolute Gasteiger partial charge is 0.388 e. The van der Waals surface area contributed by atoms with Gasteiger partial charge in [0.25, 0.3) is 0 Å². The molecule has 0 spiro atoms. The molecule has 86 valence electrons. The van der Waals surface area contributed by atoms with E-state index in [-0.39, 0.29) is 6.10 Å². The zero-order valence-corrected chi connectivity index (χ0v) is 9.96. The van der Waals surface area contributed by atoms with Crippen molar-refractivity contribution in [2.24, 2.45) is 5.92 Å². The summed E-state index contributed by atoms with van der Waals surface area (Å²) in [5.74, 6) is 0.795. The van der Waals surface area contributed by atoms with Crippen LogP contribution in [0.4, 0.5) is 5.69 Å². The second-order valence-electron chi connectivity index (χ2n) is 5.38. The first-order valence-corrected chi connectivity index (χ1v) is 6.21. The van der Waals surface area contributed by atoms with Crippen molar-refractivity contribution < 1.29 is 5.11 Å². The van der Waals surface area contributed by atoms with Gasteiger partial charge in [0.15, 0.2) is 0 Å². The van der Waals surface area contributed by atoms with Crippen LogP contribution in [0.25, 0.3) is 0 Å². The Morgan fingerprint density at radius 2 is 2.00 bits per heavy atom. The second kappa shape index (κ2) is 3.49. The zero-order valence-electron chi connectivity index (χ0n) is 9.96. The molecule has 1 fully saturated rings. The Morgan fingerprint density at radius 3 is 2.69 bits per heavy atom. The van der Waals surface area contributed by atoms with Crippen molar-refractivity contribution in [1.82, 2.24) is 0 Å². The van der Waals surface area contributed by atoms with Crippen LogP contribution in [0.3, 0.4) is 0 Å². The van der Waals surface area contributed by atoms with Crippen molar-refractivity contribution in [3.8, 4) is 0 Å². The van der Waals surface area contributed by atoms with E-state index in [9.17, 15) is 5.11 Å². The van der Waals surface area contributed by atoms with E-state index in [1.807, 2.05) is 0 Å². The number of hydrogen-bond donors (Lipinski definition) is 2. The van der Waals surface area contributed by atoms with E-state index in [1.165, 1.54) is 24.0 Å². The summed E-state index contributed by atoms with van der Waals surface area (Å²) in [7, 11) is 0. The lowest BCUT2D eigenvalue weighted by atomic mass is 9.89. The molecule has 1 saturated carbocycles. The van der Waals surface area contributed by atoms with E-state index in [1.54, 1.807) is 0 Å². The highest BCUT2D eigenvalue weighted by Crippen LogP contribution is 2.43. The van der Waals surface area contributed by atoms with Gasteiger partial charge in [0.1, 0.15) is 0 Å². The zero-order chi connectivity index (χ0) is 11.3. The minimum absolute atomic E-state index is 0.276. The summed E-state index contributed by atoms with van der Waals surface area (Å²) < 4.78 is 0. The summed E-state index contributed by atoms with van der Waals surface area (Å²) in [6, 6.07) is 4.81. The molecule has 0 bridgehead atoms. The normalized spacial score (nSPS) is 28.4. The highest BCUT2D eigenvalue weighted by atomic mass is 16.3. The van der Waals surface area contributed by atoms with E-state index in [0.717, 1.165) is 23.6 Å². The van der Waals surface area contributed by atoms with Gasteiger partial charge >= 0.3 is 0 Å². The fourth-order valence-corrected chi connectivity index (χ4v) is 2.97. The van der Waals surface area contributed by atoms with Crippen LogP contribution in [0, 0.1) is 19.8 Å². The first-order chi connectivity index (χ1) is 7.65. The predicted octanol–water partition coefficient (Wildman–Crippen LogP) is 2.93. The molecule has 0 amide bonds. The van der Waals surface area contributed by atoms with Gasteiger partial charge in [0, 0.05) is 17.3 Å². The molecule has 2 unspecified atom stereocenters. The molecule has 2 N–H and O–H groups in total. The first-order valence-electron chi connectivity index (χ1n) is 6.21. The van der Waals surface area contributed by atoms with E-state index >= 15 is 0 Å². The standard InChI is InChI=1S/C14H19NO/c1-8-5-9(2)14-12(6-8)15-11(7-13(14)16)10-3-4-10/h5-6,10-11,13,15-16H,3-4,7H2,1-2H3. The van der Waals surface area contributed by atoms with Crippen LogP contribution >= 0.6 is 0 Å². The van der Waals surface area contributed by atoms with Crippen LogP contribution < -0.4 is 5.32 Å². The molecule has 2 aliphatic rings. The molecule has 1 aromatic rings. The number of aliphatic hydroxyl groups is 1. The maximum Gasteiger partial charge on any atom is 0.0832 e. The molecule has 0 radical (unpaired) electrons. The van der Waals surface area contributed by atoms with Gasteiger partial charge in [0.05, 0.1) is 6.10 Å². The van der Waals surface area contributed by atoms with Crippen LogP contribution in [0.1, 0.15) is 42.1 Å². The summed E-state index contributed by atoms with van der Waals surface area (Å²) >= 11 is 0. The summed E-state index contributed by atoms with van der Waals surface area (Å²) in [4.78, 5) is 0. The molecule has 2 atom stereocenters. The Balaban J connectivity index is 2.00. The number of rotatable bonds is 1. The Bertz CT molecular complexity index is 423. The quantitative estimate of drug-likeness (QED) is 0.758. The minimum Gasteiger partial charge on any atom is -0.388 e. The van der Waals surface area contributed by atoms with Crippen LogP contribution in [-0.4, -0.2) is 11.1 Å². The molecule has 0 saturated heterocycles. The van der Waals surface area contributed by atoms with Crippen molar-refractivity contribution in [1.29, 1.82) is 0 Å². The van der Waals surface area contributed by atoms with Gasteiger partial charge in [-0.05, 0) is 56.2 Å². The maximum atomic E-state index is 10.2. The van der Waals surface area contributed by atoms with Gasteiger partial charge in [0.2, 0.25) is 0 Å². The first kappa shape index (κ1) is 10.2. The van der Waals surface area contributed by atoms with E-state index in [0.29, 0.717) is 6.04 Å². The Kier molecular flexibility index (Phi) is 2.21. The van der Waals surface area contributed by atoms with Crippen molar-refractivity contribution in [3.63, 3.8) is 0 Å². The molecular weight excluding hydrogens is 198 g/mol. The van der Waals surface area contributed by atoms with Crippen molar-refractivity contribution >= 4 is 5.69 Å². The lowest BCUT2D eigenvalue weighted by Crippen LogP contribution is -2.30. The second-order valence-corrected chi connectivity index (χ2v) is 5.38. The van der Waals surface area contributed by atoms with E-state index in [2.05, 4.69) is 31.3 Å². The van der Waals surface area contributed by atoms with Crippen LogP contribution in [0.2, 0.25) is 0 Å². The van der Waals surface area contributed by atoms with Gasteiger partial charge in [-0.2, -0.15) is 0 Å². The van der Waals surface area contributed by atoms with Gasteiger partial charge in [-0.3, -0.25) is 0 Å². The lowest BCUT2D eigenvalue weighted by Gasteiger charge is -2.32. The monoisotopic (exact) mass is 217 g/mol. The molecule has 1 heterocycles. The molecule has 2 heteroatoms. The van der Waals surface area contributed by atoms with E-state index in [4.69, 9.17) is 0 Å². The molecule has 1 aromatic carbocycles. The van der Waals surface area contributed by atoms with Crippen LogP contribution in [0.15, 0.2) is 12.1 Å². The third-order valence-electron chi connectivity index (χ3n) is 3.87. The van der Waals surface area contributed by atoms with Gasteiger partial charge in [-0.25, -0.2) is 0 Å². The SMILES string of the molecule is Cc1cc(C)c2c(c1)NC(C1CC1)CC2O. The number of aliphatic hydroxyl groups excluding tert-OH is 1. The summed E-state index contributed by atoms with van der Waals surface area (Å²) in [6.45, 7) is 4.20. The molecule has 1 aliphatic carbocycles. The highest BCUT2D eigenvalue weighted by Gasteiger charge is 2.36. The average Bonchev–Trinajstić information content (AvgIpc) is 2.97. The minimum atomic E-state index is -0.276. The fraction of sp³-hybridized carbons (Fsp3) is 0.571. The van der Waals surface area contributed by atoms with Crippen LogP contribution in [-0.2, 0) is 0 Å². The topological polar surface area (TPSA) is 32.3 Å². The third-order valence-corrected chi connectivity index (χ3v) is 3.87. The van der Waals surface area contributed by atoms with E-state index < -0.39 is 0 Å². The smallest absolute Gasteiger partial charge is 0.0832 e. The summed E-state index contributed by atoms with van der Waals surface area (Å²) in [5, 5.41) is 13.9. The van der Waals surface area contributed by atoms with Crippen molar-refractivity contribution in [2.75, 3.05) is 5.32 Å². The Hall–Kier alpha value is -1.02. The predicted molar refractivity (Wildman–Crippen MR) is 65.6 cm³/mol. The number of anilines is 1. The Morgan fingerprint density at radius 1 is 1.25 bits per heavy atom. The molecule has 3 rings (SSSR count). The molecular formula is C14H19NO. The molecule has 1 aliphatic heterocycles. The summed E-state index contributed by atoms with van der Waals surface area (Å²) in [5.41, 5.74) is 4.76. The molecule has 16 heavy (non-hydrogen) atoms. The summed E-state index contributed by atoms with van der Waals surface area (Å²) in [6.07, 6.45) is 3.25. The average molecular weight is 217 g/mol.